The van der Waals surface area contributed by atoms with Gasteiger partial charge in [0.2, 0.25) is 21.7 Å². The van der Waals surface area contributed by atoms with Crippen molar-refractivity contribution in [1.82, 2.24) is 19.3 Å². The summed E-state index contributed by atoms with van der Waals surface area (Å²) in [6, 6.07) is 9.13. The van der Waals surface area contributed by atoms with Gasteiger partial charge in [0.1, 0.15) is 5.82 Å². The lowest BCUT2D eigenvalue weighted by Gasteiger charge is -2.36. The van der Waals surface area contributed by atoms with Crippen molar-refractivity contribution in [2.24, 2.45) is 0 Å². The first-order chi connectivity index (χ1) is 15.6. The first-order valence-corrected chi connectivity index (χ1v) is 11.5. The normalized spacial score (nSPS) is 17.2. The van der Waals surface area contributed by atoms with Gasteiger partial charge in [-0.3, -0.25) is 4.90 Å². The van der Waals surface area contributed by atoms with Crippen molar-refractivity contribution in [1.29, 1.82) is 0 Å². The molecule has 3 aromatic rings. The molecule has 0 amide bonds. The highest BCUT2D eigenvalue weighted by Gasteiger charge is 2.33. The molecule has 0 N–H and O–H groups in total. The Labute approximate surface area is 187 Å². The molecule has 0 spiro atoms. The van der Waals surface area contributed by atoms with Gasteiger partial charge in [-0.1, -0.05) is 23.4 Å². The Bertz CT molecular complexity index is 1240. The Morgan fingerprint density at radius 1 is 1.03 bits per heavy atom. The number of hydrogen-bond acceptors (Lipinski definition) is 6. The Hall–Kier alpha value is -2.83. The molecule has 0 aliphatic carbocycles. The summed E-state index contributed by atoms with van der Waals surface area (Å²) in [7, 11) is -3.82. The number of halogens is 4. The molecular weight excluding hydrogens is 464 g/mol. The summed E-state index contributed by atoms with van der Waals surface area (Å²) in [6.45, 7) is 2.86. The molecular formula is C21H20F4N4O3S. The number of piperazine rings is 1. The SMILES string of the molecule is C[C@@H](c1nc(-c2cccc(C(F)(F)F)c2)no1)N1CCN(S(=O)(=O)c2cccc(F)c2)CC1. The second kappa shape index (κ2) is 8.84. The Kier molecular flexibility index (Phi) is 6.25. The zero-order valence-electron chi connectivity index (χ0n) is 17.5. The van der Waals surface area contributed by atoms with Crippen LogP contribution in [0.4, 0.5) is 17.6 Å². The Morgan fingerprint density at radius 2 is 1.73 bits per heavy atom. The fourth-order valence-electron chi connectivity index (χ4n) is 3.62. The van der Waals surface area contributed by atoms with E-state index in [1.807, 2.05) is 4.90 Å². The maximum absolute atomic E-state index is 13.5. The molecule has 1 atom stereocenters. The molecule has 176 valence electrons. The van der Waals surface area contributed by atoms with Crippen LogP contribution in [0, 0.1) is 5.82 Å². The quantitative estimate of drug-likeness (QED) is 0.510. The van der Waals surface area contributed by atoms with E-state index in [-0.39, 0.29) is 41.3 Å². The average molecular weight is 484 g/mol. The predicted molar refractivity (Wildman–Crippen MR) is 110 cm³/mol. The van der Waals surface area contributed by atoms with Crippen LogP contribution in [0.15, 0.2) is 57.9 Å². The maximum Gasteiger partial charge on any atom is 0.416 e. The van der Waals surface area contributed by atoms with E-state index >= 15 is 0 Å². The number of nitrogens with zero attached hydrogens (tertiary/aromatic N) is 4. The van der Waals surface area contributed by atoms with E-state index < -0.39 is 27.6 Å². The van der Waals surface area contributed by atoms with Crippen molar-refractivity contribution in [3.8, 4) is 11.4 Å². The van der Waals surface area contributed by atoms with Crippen molar-refractivity contribution < 1.29 is 30.5 Å². The molecule has 0 saturated carbocycles. The van der Waals surface area contributed by atoms with Crippen LogP contribution in [-0.2, 0) is 16.2 Å². The minimum atomic E-state index is -4.48. The molecule has 12 heteroatoms. The number of benzene rings is 2. The first-order valence-electron chi connectivity index (χ1n) is 10.1. The highest BCUT2D eigenvalue weighted by atomic mass is 32.2. The van der Waals surface area contributed by atoms with Gasteiger partial charge in [-0.2, -0.15) is 22.5 Å². The van der Waals surface area contributed by atoms with Crippen molar-refractivity contribution >= 4 is 10.0 Å². The van der Waals surface area contributed by atoms with Crippen LogP contribution in [-0.4, -0.2) is 53.9 Å². The molecule has 1 saturated heterocycles. The van der Waals surface area contributed by atoms with Gasteiger partial charge in [0.05, 0.1) is 16.5 Å². The summed E-state index contributed by atoms with van der Waals surface area (Å²) < 4.78 is 84.4. The van der Waals surface area contributed by atoms with E-state index in [0.29, 0.717) is 13.1 Å². The molecule has 2 heterocycles. The van der Waals surface area contributed by atoms with Crippen molar-refractivity contribution in [3.63, 3.8) is 0 Å². The predicted octanol–water partition coefficient (Wildman–Crippen LogP) is 3.96. The van der Waals surface area contributed by atoms with Crippen LogP contribution in [0.2, 0.25) is 0 Å². The summed E-state index contributed by atoms with van der Waals surface area (Å²) in [5, 5.41) is 3.81. The third kappa shape index (κ3) is 4.92. The first kappa shape index (κ1) is 23.3. The fraction of sp³-hybridized carbons (Fsp3) is 0.333. The molecule has 1 aromatic heterocycles. The lowest BCUT2D eigenvalue weighted by atomic mass is 10.1. The van der Waals surface area contributed by atoms with Crippen LogP contribution in [0.25, 0.3) is 11.4 Å². The molecule has 2 aromatic carbocycles. The molecule has 7 nitrogen and oxygen atoms in total. The average Bonchev–Trinajstić information content (AvgIpc) is 3.28. The summed E-state index contributed by atoms with van der Waals surface area (Å²) in [5.41, 5.74) is -0.631. The molecule has 1 fully saturated rings. The second-order valence-electron chi connectivity index (χ2n) is 7.61. The lowest BCUT2D eigenvalue weighted by Crippen LogP contribution is -2.49. The summed E-state index contributed by atoms with van der Waals surface area (Å²) in [5.74, 6) is -0.379. The van der Waals surface area contributed by atoms with Gasteiger partial charge in [-0.15, -0.1) is 0 Å². The molecule has 1 aliphatic rings. The zero-order valence-corrected chi connectivity index (χ0v) is 18.3. The van der Waals surface area contributed by atoms with Crippen LogP contribution in [0.1, 0.15) is 24.4 Å². The Balaban J connectivity index is 1.44. The highest BCUT2D eigenvalue weighted by Crippen LogP contribution is 2.32. The molecule has 0 radical (unpaired) electrons. The van der Waals surface area contributed by atoms with Gasteiger partial charge in [0.25, 0.3) is 0 Å². The molecule has 0 bridgehead atoms. The third-order valence-corrected chi connectivity index (χ3v) is 7.40. The maximum atomic E-state index is 13.5. The van der Waals surface area contributed by atoms with Crippen LogP contribution in [0.5, 0.6) is 0 Å². The van der Waals surface area contributed by atoms with Crippen LogP contribution < -0.4 is 0 Å². The van der Waals surface area contributed by atoms with E-state index in [4.69, 9.17) is 4.52 Å². The van der Waals surface area contributed by atoms with E-state index in [1.165, 1.54) is 34.6 Å². The van der Waals surface area contributed by atoms with Gasteiger partial charge in [0, 0.05) is 31.7 Å². The van der Waals surface area contributed by atoms with Gasteiger partial charge in [0.15, 0.2) is 0 Å². The van der Waals surface area contributed by atoms with Crippen molar-refractivity contribution in [2.45, 2.75) is 24.0 Å². The molecule has 0 unspecified atom stereocenters. The number of hydrogen-bond donors (Lipinski definition) is 0. The number of rotatable bonds is 5. The summed E-state index contributed by atoms with van der Waals surface area (Å²) in [6.07, 6.45) is -4.48. The Morgan fingerprint density at radius 3 is 2.39 bits per heavy atom. The van der Waals surface area contributed by atoms with E-state index in [2.05, 4.69) is 10.1 Å². The summed E-state index contributed by atoms with van der Waals surface area (Å²) in [4.78, 5) is 6.07. The highest BCUT2D eigenvalue weighted by molar-refractivity contribution is 7.89. The lowest BCUT2D eigenvalue weighted by molar-refractivity contribution is -0.137. The topological polar surface area (TPSA) is 79.5 Å². The summed E-state index contributed by atoms with van der Waals surface area (Å²) >= 11 is 0. The smallest absolute Gasteiger partial charge is 0.337 e. The fourth-order valence-corrected chi connectivity index (χ4v) is 5.07. The standard InChI is InChI=1S/C21H20F4N4O3S/c1-14(20-26-19(27-32-20)15-4-2-5-16(12-15)21(23,24)25)28-8-10-29(11-9-28)33(30,31)18-7-3-6-17(22)13-18/h2-7,12-14H,8-11H2,1H3/t14-/m0/s1. The number of alkyl halides is 3. The molecule has 1 aliphatic heterocycles. The van der Waals surface area contributed by atoms with Gasteiger partial charge in [-0.05, 0) is 37.3 Å². The van der Waals surface area contributed by atoms with Gasteiger partial charge >= 0.3 is 6.18 Å². The van der Waals surface area contributed by atoms with Crippen LogP contribution >= 0.6 is 0 Å². The molecule has 4 rings (SSSR count). The third-order valence-electron chi connectivity index (χ3n) is 5.50. The van der Waals surface area contributed by atoms with Crippen molar-refractivity contribution in [2.75, 3.05) is 26.2 Å². The largest absolute Gasteiger partial charge is 0.416 e. The monoisotopic (exact) mass is 484 g/mol. The van der Waals surface area contributed by atoms with E-state index in [9.17, 15) is 26.0 Å². The van der Waals surface area contributed by atoms with Crippen molar-refractivity contribution in [3.05, 3.63) is 65.8 Å². The minimum absolute atomic E-state index is 0.0373. The molecule has 33 heavy (non-hydrogen) atoms. The second-order valence-corrected chi connectivity index (χ2v) is 9.55. The zero-order chi connectivity index (χ0) is 23.8. The number of aromatic nitrogens is 2. The number of sulfonamides is 1. The van der Waals surface area contributed by atoms with E-state index in [0.717, 1.165) is 18.2 Å². The van der Waals surface area contributed by atoms with Gasteiger partial charge < -0.3 is 4.52 Å². The van der Waals surface area contributed by atoms with Gasteiger partial charge in [-0.25, -0.2) is 12.8 Å². The van der Waals surface area contributed by atoms with E-state index in [1.54, 1.807) is 6.92 Å². The van der Waals surface area contributed by atoms with Crippen LogP contribution in [0.3, 0.4) is 0 Å². The minimum Gasteiger partial charge on any atom is -0.337 e.